The van der Waals surface area contributed by atoms with Crippen molar-refractivity contribution < 1.29 is 18.5 Å². The zero-order chi connectivity index (χ0) is 24.2. The van der Waals surface area contributed by atoms with E-state index in [1.807, 2.05) is 73.7 Å². The lowest BCUT2D eigenvalue weighted by atomic mass is 10.0. The molecule has 0 aliphatic carbocycles. The number of aryl methyl sites for hydroxylation is 1. The highest BCUT2D eigenvalue weighted by molar-refractivity contribution is 5.90. The molecule has 8 heteroatoms. The number of esters is 1. The molecule has 174 valence electrons. The average molecular weight is 466 g/mol. The maximum absolute atomic E-state index is 11.9. The van der Waals surface area contributed by atoms with E-state index in [1.165, 1.54) is 0 Å². The van der Waals surface area contributed by atoms with Gasteiger partial charge in [0.15, 0.2) is 5.76 Å². The maximum Gasteiger partial charge on any atom is 0.338 e. The second-order valence-corrected chi connectivity index (χ2v) is 7.75. The van der Waals surface area contributed by atoms with Crippen molar-refractivity contribution in [2.24, 2.45) is 0 Å². The van der Waals surface area contributed by atoms with Crippen LogP contribution in [0.15, 0.2) is 87.8 Å². The molecule has 1 N–H and O–H groups in total. The number of benzene rings is 3. The molecule has 2 heterocycles. The van der Waals surface area contributed by atoms with Crippen LogP contribution in [-0.2, 0) is 4.74 Å². The Morgan fingerprint density at radius 1 is 0.857 bits per heavy atom. The maximum atomic E-state index is 11.9. The summed E-state index contributed by atoms with van der Waals surface area (Å²) in [5.41, 5.74) is 5.49. The second kappa shape index (κ2) is 9.64. The summed E-state index contributed by atoms with van der Waals surface area (Å²) in [6, 6.07) is 25.0. The normalized spacial score (nSPS) is 10.8. The fraction of sp³-hybridized carbons (Fsp3) is 0.111. The fourth-order valence-corrected chi connectivity index (χ4v) is 3.62. The van der Waals surface area contributed by atoms with Gasteiger partial charge in [-0.1, -0.05) is 64.9 Å². The van der Waals surface area contributed by atoms with Crippen LogP contribution in [0.4, 0.5) is 11.7 Å². The van der Waals surface area contributed by atoms with Gasteiger partial charge in [0.2, 0.25) is 5.89 Å². The molecule has 0 spiro atoms. The van der Waals surface area contributed by atoms with Crippen LogP contribution in [0, 0.1) is 6.92 Å². The fourth-order valence-electron chi connectivity index (χ4n) is 3.62. The predicted octanol–water partition coefficient (Wildman–Crippen LogP) is 6.29. The topological polar surface area (TPSA) is 103 Å². The number of anilines is 2. The Balaban J connectivity index is 1.35. The van der Waals surface area contributed by atoms with Gasteiger partial charge in [-0.15, -0.1) is 5.10 Å². The van der Waals surface area contributed by atoms with Crippen LogP contribution in [0.25, 0.3) is 33.9 Å². The minimum Gasteiger partial charge on any atom is -0.462 e. The molecule has 8 nitrogen and oxygen atoms in total. The Bertz CT molecular complexity index is 1440. The van der Waals surface area contributed by atoms with E-state index in [1.54, 1.807) is 19.1 Å². The van der Waals surface area contributed by atoms with Crippen molar-refractivity contribution in [1.29, 1.82) is 0 Å². The highest BCUT2D eigenvalue weighted by Crippen LogP contribution is 2.34. The van der Waals surface area contributed by atoms with E-state index in [2.05, 4.69) is 20.7 Å². The van der Waals surface area contributed by atoms with E-state index in [9.17, 15) is 4.79 Å². The third-order valence-electron chi connectivity index (χ3n) is 5.42. The largest absolute Gasteiger partial charge is 0.462 e. The van der Waals surface area contributed by atoms with Crippen molar-refractivity contribution in [2.75, 3.05) is 11.9 Å². The molecule has 5 rings (SSSR count). The van der Waals surface area contributed by atoms with Crippen LogP contribution in [0.1, 0.15) is 23.0 Å². The number of hydrogen-bond acceptors (Lipinski definition) is 8. The molecule has 0 bridgehead atoms. The van der Waals surface area contributed by atoms with E-state index in [-0.39, 0.29) is 12.0 Å². The smallest absolute Gasteiger partial charge is 0.338 e. The average Bonchev–Trinajstić information content (AvgIpc) is 3.52. The SMILES string of the molecule is CCOC(=O)c1ccc(-c2ccc(-c3onc(C)c3Nc3nnc(-c4ccccc4)o3)cc2)cc1. The van der Waals surface area contributed by atoms with E-state index < -0.39 is 0 Å². The van der Waals surface area contributed by atoms with Crippen molar-refractivity contribution >= 4 is 17.7 Å². The number of nitrogens with one attached hydrogen (secondary N) is 1. The molecule has 0 fully saturated rings. The zero-order valence-electron chi connectivity index (χ0n) is 19.2. The molecule has 5 aromatic rings. The van der Waals surface area contributed by atoms with Crippen molar-refractivity contribution in [2.45, 2.75) is 13.8 Å². The number of carbonyl (C=O) groups excluding carboxylic acids is 1. The third kappa shape index (κ3) is 4.67. The quantitative estimate of drug-likeness (QED) is 0.279. The van der Waals surface area contributed by atoms with Crippen LogP contribution in [-0.4, -0.2) is 27.9 Å². The summed E-state index contributed by atoms with van der Waals surface area (Å²) >= 11 is 0. The Morgan fingerprint density at radius 2 is 1.51 bits per heavy atom. The molecular weight excluding hydrogens is 444 g/mol. The third-order valence-corrected chi connectivity index (χ3v) is 5.42. The summed E-state index contributed by atoms with van der Waals surface area (Å²) in [7, 11) is 0. The molecule has 0 aliphatic rings. The highest BCUT2D eigenvalue weighted by Gasteiger charge is 2.18. The lowest BCUT2D eigenvalue weighted by Crippen LogP contribution is -2.03. The molecule has 35 heavy (non-hydrogen) atoms. The minimum absolute atomic E-state index is 0.245. The minimum atomic E-state index is -0.327. The van der Waals surface area contributed by atoms with E-state index in [0.717, 1.165) is 22.3 Å². The first-order valence-electron chi connectivity index (χ1n) is 11.1. The summed E-state index contributed by atoms with van der Waals surface area (Å²) in [6.07, 6.45) is 0. The van der Waals surface area contributed by atoms with Gasteiger partial charge in [0.1, 0.15) is 11.4 Å². The van der Waals surface area contributed by atoms with Crippen LogP contribution < -0.4 is 5.32 Å². The number of rotatable bonds is 7. The lowest BCUT2D eigenvalue weighted by molar-refractivity contribution is 0.0526. The zero-order valence-corrected chi connectivity index (χ0v) is 19.2. The Kier molecular flexibility index (Phi) is 6.09. The Labute approximate surface area is 201 Å². The molecule has 0 saturated heterocycles. The molecule has 0 radical (unpaired) electrons. The summed E-state index contributed by atoms with van der Waals surface area (Å²) in [5.74, 6) is 0.653. The van der Waals surface area contributed by atoms with Crippen molar-refractivity contribution in [3.05, 3.63) is 90.1 Å². The van der Waals surface area contributed by atoms with Gasteiger partial charge >= 0.3 is 12.0 Å². The Morgan fingerprint density at radius 3 is 2.20 bits per heavy atom. The van der Waals surface area contributed by atoms with Gasteiger partial charge in [-0.25, -0.2) is 4.79 Å². The van der Waals surface area contributed by atoms with Crippen LogP contribution in [0.5, 0.6) is 0 Å². The summed E-state index contributed by atoms with van der Waals surface area (Å²) in [4.78, 5) is 11.9. The standard InChI is InChI=1S/C27H22N4O4/c1-3-33-26(32)22-15-11-19(12-16-22)18-9-13-20(14-10-18)24-23(17(2)31-35-24)28-27-30-29-25(34-27)21-7-5-4-6-8-21/h4-16H,3H2,1-2H3,(H,28,30). The summed E-state index contributed by atoms with van der Waals surface area (Å²) in [6.45, 7) is 3.97. The molecule has 0 amide bonds. The first-order chi connectivity index (χ1) is 17.1. The monoisotopic (exact) mass is 466 g/mol. The first-order valence-corrected chi connectivity index (χ1v) is 11.1. The van der Waals surface area contributed by atoms with Gasteiger partial charge in [0, 0.05) is 11.1 Å². The van der Waals surface area contributed by atoms with Crippen molar-refractivity contribution in [3.63, 3.8) is 0 Å². The molecule has 3 aromatic carbocycles. The number of aromatic nitrogens is 3. The number of carbonyl (C=O) groups is 1. The van der Waals surface area contributed by atoms with Crippen LogP contribution in [0.2, 0.25) is 0 Å². The molecular formula is C27H22N4O4. The van der Waals surface area contributed by atoms with Crippen LogP contribution in [0.3, 0.4) is 0 Å². The summed E-state index contributed by atoms with van der Waals surface area (Å²) in [5, 5.41) is 15.5. The van der Waals surface area contributed by atoms with E-state index in [4.69, 9.17) is 13.7 Å². The first kappa shape index (κ1) is 22.1. The van der Waals surface area contributed by atoms with Crippen molar-refractivity contribution in [1.82, 2.24) is 15.4 Å². The molecule has 0 atom stereocenters. The summed E-state index contributed by atoms with van der Waals surface area (Å²) < 4.78 is 16.4. The van der Waals surface area contributed by atoms with Gasteiger partial charge in [-0.05, 0) is 49.2 Å². The van der Waals surface area contributed by atoms with Gasteiger partial charge < -0.3 is 19.0 Å². The number of ether oxygens (including phenoxy) is 1. The Hall–Kier alpha value is -4.72. The predicted molar refractivity (Wildman–Crippen MR) is 131 cm³/mol. The second-order valence-electron chi connectivity index (χ2n) is 7.75. The molecule has 0 aliphatic heterocycles. The van der Waals surface area contributed by atoms with Crippen LogP contribution >= 0.6 is 0 Å². The van der Waals surface area contributed by atoms with Gasteiger partial charge in [-0.2, -0.15) is 0 Å². The highest BCUT2D eigenvalue weighted by atomic mass is 16.5. The molecule has 0 unspecified atom stereocenters. The van der Waals surface area contributed by atoms with Gasteiger partial charge in [-0.3, -0.25) is 0 Å². The van der Waals surface area contributed by atoms with Gasteiger partial charge in [0.05, 0.1) is 12.2 Å². The number of hydrogen-bond donors (Lipinski definition) is 1. The molecule has 2 aromatic heterocycles. The van der Waals surface area contributed by atoms with E-state index in [0.29, 0.717) is 35.2 Å². The van der Waals surface area contributed by atoms with E-state index >= 15 is 0 Å². The van der Waals surface area contributed by atoms with Gasteiger partial charge in [0.25, 0.3) is 0 Å². The number of nitrogens with zero attached hydrogens (tertiary/aromatic N) is 3. The van der Waals surface area contributed by atoms with Crippen molar-refractivity contribution in [3.8, 4) is 33.9 Å². The molecule has 0 saturated carbocycles. The lowest BCUT2D eigenvalue weighted by Gasteiger charge is -2.06.